The average Bonchev–Trinajstić information content (AvgIpc) is 3.44. The number of hydrogen-bond acceptors (Lipinski definition) is 6. The van der Waals surface area contributed by atoms with Crippen molar-refractivity contribution >= 4 is 31.6 Å². The fourth-order valence-electron chi connectivity index (χ4n) is 3.86. The van der Waals surface area contributed by atoms with Gasteiger partial charge in [-0.3, -0.25) is 9.52 Å². The van der Waals surface area contributed by atoms with Crippen LogP contribution in [0.15, 0.2) is 82.6 Å². The summed E-state index contributed by atoms with van der Waals surface area (Å²) in [6, 6.07) is 19.3. The maximum Gasteiger partial charge on any atom is 0.261 e. The summed E-state index contributed by atoms with van der Waals surface area (Å²) in [5.41, 5.74) is 2.06. The first-order valence-corrected chi connectivity index (χ1v) is 14.7. The van der Waals surface area contributed by atoms with Gasteiger partial charge in [-0.15, -0.1) is 0 Å². The number of aryl methyl sites for hydroxylation is 1. The molecule has 1 aliphatic heterocycles. The molecule has 0 spiro atoms. The summed E-state index contributed by atoms with van der Waals surface area (Å²) in [5.74, 6) is -0.0202. The fourth-order valence-corrected chi connectivity index (χ4v) is 6.51. The number of benzene rings is 3. The molecule has 37 heavy (non-hydrogen) atoms. The predicted molar refractivity (Wildman–Crippen MR) is 140 cm³/mol. The summed E-state index contributed by atoms with van der Waals surface area (Å²) in [5, 5.41) is 2.72. The van der Waals surface area contributed by atoms with Crippen LogP contribution < -0.4 is 14.8 Å². The Balaban J connectivity index is 1.26. The van der Waals surface area contributed by atoms with Crippen molar-refractivity contribution in [1.29, 1.82) is 0 Å². The monoisotopic (exact) mass is 543 g/mol. The Bertz CT molecular complexity index is 1450. The number of hydrogen-bond donors (Lipinski definition) is 2. The van der Waals surface area contributed by atoms with E-state index in [1.807, 2.05) is 19.1 Å². The van der Waals surface area contributed by atoms with Crippen LogP contribution >= 0.6 is 0 Å². The lowest BCUT2D eigenvalue weighted by atomic mass is 10.2. The molecule has 1 amide bonds. The standard InChI is InChI=1S/C26H29N3O6S2/c1-20-6-2-3-7-25(20)28-36(31,32)23-14-10-22(11-15-23)35-19-26(30)27-18-21-8-12-24(13-9-21)37(33,34)29-16-4-5-17-29/h2-3,6-15,28H,4-5,16-19H2,1H3,(H,27,30). The molecular formula is C26H29N3O6S2. The normalized spacial score (nSPS) is 14.3. The zero-order valence-corrected chi connectivity index (χ0v) is 22.0. The molecule has 4 rings (SSSR count). The first-order chi connectivity index (χ1) is 17.6. The average molecular weight is 544 g/mol. The van der Waals surface area contributed by atoms with Gasteiger partial charge in [0, 0.05) is 19.6 Å². The Morgan fingerprint density at radius 2 is 1.49 bits per heavy atom. The van der Waals surface area contributed by atoms with Gasteiger partial charge in [0.1, 0.15) is 5.75 Å². The lowest BCUT2D eigenvalue weighted by molar-refractivity contribution is -0.123. The highest BCUT2D eigenvalue weighted by molar-refractivity contribution is 7.92. The highest BCUT2D eigenvalue weighted by Gasteiger charge is 2.26. The van der Waals surface area contributed by atoms with Crippen molar-refractivity contribution < 1.29 is 26.4 Å². The minimum Gasteiger partial charge on any atom is -0.484 e. The second-order valence-corrected chi connectivity index (χ2v) is 12.3. The topological polar surface area (TPSA) is 122 Å². The number of carbonyl (C=O) groups is 1. The Kier molecular flexibility index (Phi) is 8.16. The van der Waals surface area contributed by atoms with Gasteiger partial charge in [0.05, 0.1) is 15.5 Å². The number of nitrogens with one attached hydrogen (secondary N) is 2. The van der Waals surface area contributed by atoms with Gasteiger partial charge in [-0.05, 0) is 73.4 Å². The SMILES string of the molecule is Cc1ccccc1NS(=O)(=O)c1ccc(OCC(=O)NCc2ccc(S(=O)(=O)N3CCCC3)cc2)cc1. The molecule has 3 aromatic carbocycles. The lowest BCUT2D eigenvalue weighted by Gasteiger charge is -2.15. The van der Waals surface area contributed by atoms with Crippen molar-refractivity contribution in [1.82, 2.24) is 9.62 Å². The molecule has 1 heterocycles. The van der Waals surface area contributed by atoms with Crippen LogP contribution in [-0.4, -0.2) is 46.7 Å². The maximum absolute atomic E-state index is 12.6. The Labute approximate surface area is 217 Å². The van der Waals surface area contributed by atoms with E-state index in [-0.39, 0.29) is 28.8 Å². The third-order valence-electron chi connectivity index (χ3n) is 6.01. The van der Waals surface area contributed by atoms with Crippen molar-refractivity contribution in [3.63, 3.8) is 0 Å². The van der Waals surface area contributed by atoms with Crippen molar-refractivity contribution in [3.05, 3.63) is 83.9 Å². The Hall–Kier alpha value is -3.41. The molecule has 11 heteroatoms. The van der Waals surface area contributed by atoms with Gasteiger partial charge >= 0.3 is 0 Å². The van der Waals surface area contributed by atoms with Crippen LogP contribution in [0.3, 0.4) is 0 Å². The van der Waals surface area contributed by atoms with E-state index in [1.54, 1.807) is 36.4 Å². The number of amides is 1. The molecule has 1 fully saturated rings. The lowest BCUT2D eigenvalue weighted by Crippen LogP contribution is -2.29. The number of sulfonamides is 2. The molecule has 9 nitrogen and oxygen atoms in total. The number of para-hydroxylation sites is 1. The summed E-state index contributed by atoms with van der Waals surface area (Å²) in [6.07, 6.45) is 1.75. The molecule has 0 radical (unpaired) electrons. The van der Waals surface area contributed by atoms with Crippen LogP contribution in [0.5, 0.6) is 5.75 Å². The van der Waals surface area contributed by atoms with Crippen LogP contribution in [0.2, 0.25) is 0 Å². The minimum atomic E-state index is -3.77. The second-order valence-electron chi connectivity index (χ2n) is 8.71. The van der Waals surface area contributed by atoms with Gasteiger partial charge in [0.25, 0.3) is 15.9 Å². The van der Waals surface area contributed by atoms with Gasteiger partial charge < -0.3 is 10.1 Å². The minimum absolute atomic E-state index is 0.0720. The molecule has 0 saturated carbocycles. The van der Waals surface area contributed by atoms with Crippen molar-refractivity contribution in [3.8, 4) is 5.75 Å². The molecule has 3 aromatic rings. The van der Waals surface area contributed by atoms with Gasteiger partial charge in [0.2, 0.25) is 10.0 Å². The molecule has 0 aliphatic carbocycles. The largest absolute Gasteiger partial charge is 0.484 e. The van der Waals surface area contributed by atoms with E-state index >= 15 is 0 Å². The second kappa shape index (κ2) is 11.3. The van der Waals surface area contributed by atoms with Crippen LogP contribution in [0.25, 0.3) is 0 Å². The molecule has 0 bridgehead atoms. The number of rotatable bonds is 10. The molecule has 1 aliphatic rings. The van der Waals surface area contributed by atoms with E-state index in [0.717, 1.165) is 24.0 Å². The summed E-state index contributed by atoms with van der Waals surface area (Å²) in [6.45, 7) is 2.86. The van der Waals surface area contributed by atoms with Gasteiger partial charge in [-0.2, -0.15) is 4.31 Å². The molecule has 0 atom stereocenters. The van der Waals surface area contributed by atoms with Gasteiger partial charge in [-0.1, -0.05) is 30.3 Å². The molecule has 2 N–H and O–H groups in total. The summed E-state index contributed by atoms with van der Waals surface area (Å²) in [4.78, 5) is 12.5. The van der Waals surface area contributed by atoms with E-state index < -0.39 is 20.0 Å². The molecule has 1 saturated heterocycles. The molecular weight excluding hydrogens is 514 g/mol. The van der Waals surface area contributed by atoms with Crippen molar-refractivity contribution in [2.24, 2.45) is 0 Å². The zero-order chi connectivity index (χ0) is 26.5. The van der Waals surface area contributed by atoms with Crippen LogP contribution in [0.1, 0.15) is 24.0 Å². The summed E-state index contributed by atoms with van der Waals surface area (Å²) < 4.78 is 60.0. The van der Waals surface area contributed by atoms with Crippen LogP contribution in [0.4, 0.5) is 5.69 Å². The van der Waals surface area contributed by atoms with Crippen molar-refractivity contribution in [2.75, 3.05) is 24.4 Å². The number of ether oxygens (including phenoxy) is 1. The Morgan fingerprint density at radius 1 is 0.865 bits per heavy atom. The van der Waals surface area contributed by atoms with E-state index in [1.165, 1.54) is 28.6 Å². The quantitative estimate of drug-likeness (QED) is 0.405. The summed E-state index contributed by atoms with van der Waals surface area (Å²) in [7, 11) is -7.24. The van der Waals surface area contributed by atoms with E-state index in [2.05, 4.69) is 10.0 Å². The van der Waals surface area contributed by atoms with Gasteiger partial charge in [0.15, 0.2) is 6.61 Å². The summed E-state index contributed by atoms with van der Waals surface area (Å²) >= 11 is 0. The van der Waals surface area contributed by atoms with Crippen LogP contribution in [0, 0.1) is 6.92 Å². The number of nitrogens with zero attached hydrogens (tertiary/aromatic N) is 1. The third kappa shape index (κ3) is 6.68. The first-order valence-electron chi connectivity index (χ1n) is 11.8. The maximum atomic E-state index is 12.6. The number of anilines is 1. The highest BCUT2D eigenvalue weighted by atomic mass is 32.2. The van der Waals surface area contributed by atoms with E-state index in [0.29, 0.717) is 24.5 Å². The van der Waals surface area contributed by atoms with E-state index in [4.69, 9.17) is 4.74 Å². The highest BCUT2D eigenvalue weighted by Crippen LogP contribution is 2.22. The van der Waals surface area contributed by atoms with Gasteiger partial charge in [-0.25, -0.2) is 16.8 Å². The predicted octanol–water partition coefficient (Wildman–Crippen LogP) is 3.28. The van der Waals surface area contributed by atoms with Crippen molar-refractivity contribution in [2.45, 2.75) is 36.1 Å². The first kappa shape index (κ1) is 26.6. The van der Waals surface area contributed by atoms with E-state index in [9.17, 15) is 21.6 Å². The fraction of sp³-hybridized carbons (Fsp3) is 0.269. The Morgan fingerprint density at radius 3 is 2.14 bits per heavy atom. The van der Waals surface area contributed by atoms with Crippen LogP contribution in [-0.2, 0) is 31.4 Å². The zero-order valence-electron chi connectivity index (χ0n) is 20.4. The smallest absolute Gasteiger partial charge is 0.261 e. The molecule has 196 valence electrons. The molecule has 0 unspecified atom stereocenters. The number of carbonyl (C=O) groups excluding carboxylic acids is 1. The molecule has 0 aromatic heterocycles. The third-order valence-corrected chi connectivity index (χ3v) is 9.30.